The van der Waals surface area contributed by atoms with Crippen LogP contribution in [-0.2, 0) is 4.79 Å². The first-order valence-electron chi connectivity index (χ1n) is 7.47. The maximum absolute atomic E-state index is 13.6. The normalized spacial score (nSPS) is 31.8. The Labute approximate surface area is 130 Å². The van der Waals surface area contributed by atoms with Crippen LogP contribution in [0.2, 0.25) is 0 Å². The number of likely N-dealkylation sites (tertiary alicyclic amines) is 1. The highest BCUT2D eigenvalue weighted by Crippen LogP contribution is 2.56. The molecule has 3 amide bonds. The zero-order valence-corrected chi connectivity index (χ0v) is 12.3. The standard InChI is InChI=1S/C16H14F2N2O3/c1-19-12-10(16(12,17)18)6-7-11(15(19)23)20-13(21)8-4-2-3-5-9(8)14(20)22/h2-5,10-12H,6-7H2,1H3. The molecule has 120 valence electrons. The van der Waals surface area contributed by atoms with Crippen molar-refractivity contribution in [3.63, 3.8) is 0 Å². The minimum atomic E-state index is -2.86. The summed E-state index contributed by atoms with van der Waals surface area (Å²) in [6.45, 7) is 0. The number of hydrogen-bond donors (Lipinski definition) is 0. The molecule has 0 spiro atoms. The first-order valence-corrected chi connectivity index (χ1v) is 7.47. The molecule has 5 nitrogen and oxygen atoms in total. The number of rotatable bonds is 1. The van der Waals surface area contributed by atoms with Crippen molar-refractivity contribution in [2.45, 2.75) is 30.8 Å². The molecule has 3 unspecified atom stereocenters. The summed E-state index contributed by atoms with van der Waals surface area (Å²) in [6, 6.07) is 4.23. The number of halogens is 2. The van der Waals surface area contributed by atoms with E-state index in [1.54, 1.807) is 12.1 Å². The van der Waals surface area contributed by atoms with Gasteiger partial charge in [-0.15, -0.1) is 0 Å². The summed E-state index contributed by atoms with van der Waals surface area (Å²) in [5, 5.41) is 0. The summed E-state index contributed by atoms with van der Waals surface area (Å²) in [5.41, 5.74) is 0.514. The minimum Gasteiger partial charge on any atom is -0.334 e. The molecule has 1 aromatic rings. The highest BCUT2D eigenvalue weighted by molar-refractivity contribution is 6.22. The zero-order valence-electron chi connectivity index (χ0n) is 12.3. The predicted octanol–water partition coefficient (Wildman–Crippen LogP) is 1.54. The van der Waals surface area contributed by atoms with Crippen LogP contribution >= 0.6 is 0 Å². The van der Waals surface area contributed by atoms with Crippen molar-refractivity contribution in [1.29, 1.82) is 0 Å². The van der Waals surface area contributed by atoms with Gasteiger partial charge in [0, 0.05) is 7.05 Å². The fourth-order valence-corrected chi connectivity index (χ4v) is 3.81. The Bertz CT molecular complexity index is 714. The molecule has 2 aliphatic heterocycles. The Morgan fingerprint density at radius 3 is 2.17 bits per heavy atom. The molecule has 3 aliphatic rings. The summed E-state index contributed by atoms with van der Waals surface area (Å²) in [6.07, 6.45) is 0.192. The molecule has 2 fully saturated rings. The predicted molar refractivity (Wildman–Crippen MR) is 75.0 cm³/mol. The van der Waals surface area contributed by atoms with E-state index in [9.17, 15) is 23.2 Å². The SMILES string of the molecule is CN1C(=O)C(N2C(=O)c3ccccc3C2=O)CCC2C1C2(F)F. The molecule has 1 saturated heterocycles. The van der Waals surface area contributed by atoms with E-state index in [0.29, 0.717) is 0 Å². The van der Waals surface area contributed by atoms with E-state index in [2.05, 4.69) is 0 Å². The largest absolute Gasteiger partial charge is 0.334 e. The van der Waals surface area contributed by atoms with Crippen LogP contribution in [0.15, 0.2) is 24.3 Å². The van der Waals surface area contributed by atoms with Crippen molar-refractivity contribution in [2.75, 3.05) is 7.05 Å². The van der Waals surface area contributed by atoms with Gasteiger partial charge in [-0.1, -0.05) is 12.1 Å². The molecule has 0 aromatic heterocycles. The lowest BCUT2D eigenvalue weighted by molar-refractivity contribution is -0.136. The average molecular weight is 320 g/mol. The van der Waals surface area contributed by atoms with E-state index < -0.39 is 41.6 Å². The third-order valence-corrected chi connectivity index (χ3v) is 5.10. The second-order valence-corrected chi connectivity index (χ2v) is 6.29. The summed E-state index contributed by atoms with van der Waals surface area (Å²) < 4.78 is 27.3. The zero-order chi connectivity index (χ0) is 16.5. The van der Waals surface area contributed by atoms with Gasteiger partial charge in [0.1, 0.15) is 12.1 Å². The molecule has 0 bridgehead atoms. The highest BCUT2D eigenvalue weighted by atomic mass is 19.3. The summed E-state index contributed by atoms with van der Waals surface area (Å²) in [7, 11) is 1.32. The van der Waals surface area contributed by atoms with Crippen LogP contribution in [0.5, 0.6) is 0 Å². The van der Waals surface area contributed by atoms with Crippen LogP contribution in [-0.4, -0.2) is 52.6 Å². The maximum atomic E-state index is 13.6. The van der Waals surface area contributed by atoms with Gasteiger partial charge < -0.3 is 4.90 Å². The van der Waals surface area contributed by atoms with E-state index >= 15 is 0 Å². The topological polar surface area (TPSA) is 57.7 Å². The van der Waals surface area contributed by atoms with E-state index in [0.717, 1.165) is 9.80 Å². The Kier molecular flexibility index (Phi) is 2.71. The maximum Gasteiger partial charge on any atom is 0.273 e. The van der Waals surface area contributed by atoms with Gasteiger partial charge in [-0.05, 0) is 25.0 Å². The number of likely N-dealkylation sites (N-methyl/N-ethyl adjacent to an activating group) is 1. The number of alkyl halides is 2. The van der Waals surface area contributed by atoms with Crippen molar-refractivity contribution in [2.24, 2.45) is 5.92 Å². The van der Waals surface area contributed by atoms with Crippen molar-refractivity contribution in [1.82, 2.24) is 9.80 Å². The van der Waals surface area contributed by atoms with Crippen molar-refractivity contribution in [3.8, 4) is 0 Å². The van der Waals surface area contributed by atoms with Crippen LogP contribution in [0, 0.1) is 5.92 Å². The van der Waals surface area contributed by atoms with Crippen LogP contribution in [0.3, 0.4) is 0 Å². The fraction of sp³-hybridized carbons (Fsp3) is 0.438. The lowest BCUT2D eigenvalue weighted by atomic mass is 10.1. The highest BCUT2D eigenvalue weighted by Gasteiger charge is 2.72. The van der Waals surface area contributed by atoms with Crippen molar-refractivity contribution >= 4 is 17.7 Å². The summed E-state index contributed by atoms with van der Waals surface area (Å²) in [5.74, 6) is -5.39. The second-order valence-electron chi connectivity index (χ2n) is 6.29. The fourth-order valence-electron chi connectivity index (χ4n) is 3.81. The minimum absolute atomic E-state index is 0.0748. The third-order valence-electron chi connectivity index (χ3n) is 5.10. The van der Waals surface area contributed by atoms with Crippen LogP contribution in [0.4, 0.5) is 8.78 Å². The summed E-state index contributed by atoms with van der Waals surface area (Å²) in [4.78, 5) is 39.4. The van der Waals surface area contributed by atoms with Crippen molar-refractivity contribution in [3.05, 3.63) is 35.4 Å². The quantitative estimate of drug-likeness (QED) is 0.738. The van der Waals surface area contributed by atoms with Gasteiger partial charge in [0.15, 0.2) is 0 Å². The number of carbonyl (C=O) groups is 3. The molecule has 2 heterocycles. The molecule has 23 heavy (non-hydrogen) atoms. The Morgan fingerprint density at radius 1 is 1.04 bits per heavy atom. The lowest BCUT2D eigenvalue weighted by Crippen LogP contribution is -2.50. The monoisotopic (exact) mass is 320 g/mol. The number of amides is 3. The Morgan fingerprint density at radius 2 is 1.61 bits per heavy atom. The number of benzene rings is 1. The second kappa shape index (κ2) is 4.37. The molecule has 0 radical (unpaired) electrons. The van der Waals surface area contributed by atoms with Gasteiger partial charge in [-0.3, -0.25) is 19.3 Å². The number of imide groups is 1. The lowest BCUT2D eigenvalue weighted by Gasteiger charge is -2.28. The Balaban J connectivity index is 1.66. The van der Waals surface area contributed by atoms with E-state index in [4.69, 9.17) is 0 Å². The Hall–Kier alpha value is -2.31. The first kappa shape index (κ1) is 14.3. The number of hydrogen-bond acceptors (Lipinski definition) is 3. The van der Waals surface area contributed by atoms with Gasteiger partial charge in [0.25, 0.3) is 17.7 Å². The van der Waals surface area contributed by atoms with Gasteiger partial charge in [-0.2, -0.15) is 0 Å². The van der Waals surface area contributed by atoms with Gasteiger partial charge >= 0.3 is 0 Å². The molecular formula is C16H14F2N2O3. The molecule has 1 saturated carbocycles. The number of fused-ring (bicyclic) bond motifs is 2. The molecule has 1 aliphatic carbocycles. The van der Waals surface area contributed by atoms with E-state index in [1.165, 1.54) is 19.2 Å². The molecule has 4 rings (SSSR count). The summed E-state index contributed by atoms with van der Waals surface area (Å²) >= 11 is 0. The van der Waals surface area contributed by atoms with Gasteiger partial charge in [0.05, 0.1) is 17.0 Å². The molecule has 0 N–H and O–H groups in total. The number of carbonyl (C=O) groups excluding carboxylic acids is 3. The first-order chi connectivity index (χ1) is 10.9. The van der Waals surface area contributed by atoms with E-state index in [1.807, 2.05) is 0 Å². The average Bonchev–Trinajstić information content (AvgIpc) is 3.03. The smallest absolute Gasteiger partial charge is 0.273 e. The molecule has 7 heteroatoms. The van der Waals surface area contributed by atoms with E-state index in [-0.39, 0.29) is 24.0 Å². The van der Waals surface area contributed by atoms with Gasteiger partial charge in [-0.25, -0.2) is 8.78 Å². The van der Waals surface area contributed by atoms with Gasteiger partial charge in [0.2, 0.25) is 5.91 Å². The van der Waals surface area contributed by atoms with Crippen LogP contribution < -0.4 is 0 Å². The van der Waals surface area contributed by atoms with Crippen molar-refractivity contribution < 1.29 is 23.2 Å². The van der Waals surface area contributed by atoms with Crippen LogP contribution in [0.1, 0.15) is 33.6 Å². The third kappa shape index (κ3) is 1.73. The molecule has 1 aromatic carbocycles. The molecule has 3 atom stereocenters. The van der Waals surface area contributed by atoms with Crippen LogP contribution in [0.25, 0.3) is 0 Å². The molecular weight excluding hydrogens is 306 g/mol. The number of nitrogens with zero attached hydrogens (tertiary/aromatic N) is 2.